The molecule has 0 aliphatic rings. The highest BCUT2D eigenvalue weighted by Crippen LogP contribution is 2.18. The van der Waals surface area contributed by atoms with Crippen LogP contribution in [0.4, 0.5) is 5.69 Å². The van der Waals surface area contributed by atoms with Crippen molar-refractivity contribution in [1.82, 2.24) is 9.90 Å². The van der Waals surface area contributed by atoms with Gasteiger partial charge in [-0.1, -0.05) is 6.07 Å². The van der Waals surface area contributed by atoms with Crippen LogP contribution < -0.4 is 4.91 Å². The van der Waals surface area contributed by atoms with Gasteiger partial charge in [-0.2, -0.15) is 0 Å². The summed E-state index contributed by atoms with van der Waals surface area (Å²) in [5.41, 5.74) is 8.27. The predicted molar refractivity (Wildman–Crippen MR) is 45.2 cm³/mol. The number of aromatic amines is 1. The molecule has 1 aromatic carbocycles. The summed E-state index contributed by atoms with van der Waals surface area (Å²) < 4.78 is 0. The Bertz CT molecular complexity index is 451. The number of H-pyrrole nitrogens is 1. The molecule has 0 fully saturated rings. The Morgan fingerprint density at radius 2 is 2.25 bits per heavy atom. The van der Waals surface area contributed by atoms with Crippen molar-refractivity contribution in [3.63, 3.8) is 0 Å². The Hall–Kier alpha value is -1.93. The van der Waals surface area contributed by atoms with Gasteiger partial charge in [-0.25, -0.2) is 0 Å². The highest BCUT2D eigenvalue weighted by atomic mass is 15.1. The maximum atomic E-state index is 6.56. The van der Waals surface area contributed by atoms with E-state index in [9.17, 15) is 0 Å². The molecule has 0 saturated carbocycles. The SMILES string of the molecule is N=[N+]=Nc1ccc2cc[nH]c2c1. The van der Waals surface area contributed by atoms with Gasteiger partial charge in [0.25, 0.3) is 0 Å². The van der Waals surface area contributed by atoms with E-state index in [0.717, 1.165) is 10.9 Å². The molecule has 0 bridgehead atoms. The third kappa shape index (κ3) is 1.00. The molecule has 0 unspecified atom stereocenters. The highest BCUT2D eigenvalue weighted by Gasteiger charge is 1.98. The first-order valence-electron chi connectivity index (χ1n) is 3.55. The minimum atomic E-state index is 0.694. The molecule has 12 heavy (non-hydrogen) atoms. The quantitative estimate of drug-likeness (QED) is 0.473. The lowest BCUT2D eigenvalue weighted by Crippen LogP contribution is -1.67. The van der Waals surface area contributed by atoms with Gasteiger partial charge in [-0.05, 0) is 23.6 Å². The molecule has 2 rings (SSSR count). The molecule has 2 aromatic rings. The number of nitrogens with zero attached hydrogens (tertiary/aromatic N) is 2. The van der Waals surface area contributed by atoms with E-state index in [1.807, 2.05) is 30.5 Å². The minimum absolute atomic E-state index is 0.694. The average molecular weight is 159 g/mol. The van der Waals surface area contributed by atoms with Crippen molar-refractivity contribution in [2.75, 3.05) is 0 Å². The van der Waals surface area contributed by atoms with Crippen molar-refractivity contribution in [2.24, 2.45) is 5.11 Å². The number of hydrogen-bond acceptors (Lipinski definition) is 2. The van der Waals surface area contributed by atoms with Crippen molar-refractivity contribution in [2.45, 2.75) is 0 Å². The molecule has 0 aliphatic heterocycles. The van der Waals surface area contributed by atoms with Crippen molar-refractivity contribution < 1.29 is 0 Å². The second kappa shape index (κ2) is 2.60. The number of rotatable bonds is 1. The van der Waals surface area contributed by atoms with E-state index in [1.165, 1.54) is 0 Å². The number of aromatic nitrogens is 1. The Labute approximate surface area is 68.5 Å². The fraction of sp³-hybridized carbons (Fsp3) is 0. The number of hydrogen-bond donors (Lipinski definition) is 2. The summed E-state index contributed by atoms with van der Waals surface area (Å²) in [6.07, 6.45) is 1.87. The molecule has 0 radical (unpaired) electrons. The van der Waals surface area contributed by atoms with Crippen molar-refractivity contribution >= 4 is 16.6 Å². The van der Waals surface area contributed by atoms with Gasteiger partial charge in [0.15, 0.2) is 10.8 Å². The van der Waals surface area contributed by atoms with E-state index in [1.54, 1.807) is 0 Å². The maximum Gasteiger partial charge on any atom is 0.220 e. The van der Waals surface area contributed by atoms with E-state index < -0.39 is 0 Å². The average Bonchev–Trinajstić information content (AvgIpc) is 2.51. The van der Waals surface area contributed by atoms with Crippen LogP contribution in [0, 0.1) is 5.53 Å². The number of benzene rings is 1. The maximum absolute atomic E-state index is 6.56. The highest BCUT2D eigenvalue weighted by molar-refractivity contribution is 5.82. The van der Waals surface area contributed by atoms with Crippen LogP contribution in [0.1, 0.15) is 0 Å². The molecule has 4 nitrogen and oxygen atoms in total. The summed E-state index contributed by atoms with van der Waals surface area (Å²) in [5.74, 6) is 0. The zero-order valence-electron chi connectivity index (χ0n) is 6.28. The molecule has 0 amide bonds. The lowest BCUT2D eigenvalue weighted by atomic mass is 10.2. The Balaban J connectivity index is 2.67. The molecule has 0 aliphatic carbocycles. The van der Waals surface area contributed by atoms with Crippen molar-refractivity contribution in [3.8, 4) is 0 Å². The summed E-state index contributed by atoms with van der Waals surface area (Å²) in [6.45, 7) is 0. The largest absolute Gasteiger partial charge is 0.361 e. The van der Waals surface area contributed by atoms with Gasteiger partial charge in [0, 0.05) is 11.7 Å². The van der Waals surface area contributed by atoms with E-state index in [4.69, 9.17) is 5.53 Å². The van der Waals surface area contributed by atoms with Gasteiger partial charge in [0.1, 0.15) is 5.53 Å². The van der Waals surface area contributed by atoms with E-state index in [2.05, 4.69) is 15.0 Å². The smallest absolute Gasteiger partial charge is 0.220 e. The molecule has 0 spiro atoms. The van der Waals surface area contributed by atoms with Crippen LogP contribution in [-0.4, -0.2) is 4.98 Å². The Morgan fingerprint density at radius 3 is 3.08 bits per heavy atom. The molecule has 0 saturated heterocycles. The summed E-state index contributed by atoms with van der Waals surface area (Å²) in [7, 11) is 0. The fourth-order valence-corrected chi connectivity index (χ4v) is 1.16. The lowest BCUT2D eigenvalue weighted by molar-refractivity contribution is 0.992. The van der Waals surface area contributed by atoms with Gasteiger partial charge in [0.2, 0.25) is 4.91 Å². The normalized spacial score (nSPS) is 9.67. The van der Waals surface area contributed by atoms with Crippen LogP contribution in [0.5, 0.6) is 0 Å². The van der Waals surface area contributed by atoms with Crippen LogP contribution in [0.3, 0.4) is 0 Å². The first kappa shape index (κ1) is 6.76. The minimum Gasteiger partial charge on any atom is -0.361 e. The molecule has 1 heterocycles. The Kier molecular flexibility index (Phi) is 1.47. The third-order valence-electron chi connectivity index (χ3n) is 1.70. The number of fused-ring (bicyclic) bond motifs is 1. The summed E-state index contributed by atoms with van der Waals surface area (Å²) in [6, 6.07) is 7.61. The van der Waals surface area contributed by atoms with E-state index in [-0.39, 0.29) is 0 Å². The van der Waals surface area contributed by atoms with Gasteiger partial charge >= 0.3 is 0 Å². The first-order valence-corrected chi connectivity index (χ1v) is 3.55. The summed E-state index contributed by atoms with van der Waals surface area (Å²) in [5, 5.41) is 4.75. The molecular weight excluding hydrogens is 152 g/mol. The van der Waals surface area contributed by atoms with Crippen LogP contribution in [0.2, 0.25) is 0 Å². The standard InChI is InChI=1S/C8H6N4/c9-12-11-7-2-1-6-3-4-10-8(6)5-7/h1-5,9H/p+1. The second-order valence-electron chi connectivity index (χ2n) is 2.45. The van der Waals surface area contributed by atoms with Crippen molar-refractivity contribution in [3.05, 3.63) is 30.5 Å². The molecular formula is C8H7N4+. The molecule has 2 N–H and O–H groups in total. The van der Waals surface area contributed by atoms with Crippen LogP contribution in [-0.2, 0) is 0 Å². The van der Waals surface area contributed by atoms with Gasteiger partial charge in [0.05, 0.1) is 0 Å². The zero-order chi connectivity index (χ0) is 8.39. The first-order chi connectivity index (χ1) is 5.90. The molecule has 58 valence electrons. The molecule has 1 aromatic heterocycles. The summed E-state index contributed by atoms with van der Waals surface area (Å²) >= 11 is 0. The number of nitrogens with one attached hydrogen (secondary N) is 2. The zero-order valence-corrected chi connectivity index (χ0v) is 6.28. The summed E-state index contributed by atoms with van der Waals surface area (Å²) in [4.78, 5) is 6.01. The van der Waals surface area contributed by atoms with E-state index >= 15 is 0 Å². The Morgan fingerprint density at radius 1 is 1.33 bits per heavy atom. The van der Waals surface area contributed by atoms with Crippen molar-refractivity contribution in [1.29, 1.82) is 5.53 Å². The van der Waals surface area contributed by atoms with Gasteiger partial charge in [-0.3, -0.25) is 0 Å². The second-order valence-corrected chi connectivity index (χ2v) is 2.45. The molecule has 4 heteroatoms. The van der Waals surface area contributed by atoms with Crippen LogP contribution >= 0.6 is 0 Å². The molecule has 0 atom stereocenters. The van der Waals surface area contributed by atoms with Crippen LogP contribution in [0.25, 0.3) is 10.9 Å². The third-order valence-corrected chi connectivity index (χ3v) is 1.70. The van der Waals surface area contributed by atoms with Gasteiger partial charge in [-0.15, -0.1) is 0 Å². The lowest BCUT2D eigenvalue weighted by Gasteiger charge is -1.86. The fourth-order valence-electron chi connectivity index (χ4n) is 1.16. The topological polar surface area (TPSA) is 66.1 Å². The van der Waals surface area contributed by atoms with E-state index in [0.29, 0.717) is 5.69 Å². The monoisotopic (exact) mass is 159 g/mol. The van der Waals surface area contributed by atoms with Crippen LogP contribution in [0.15, 0.2) is 35.6 Å². The van der Waals surface area contributed by atoms with Gasteiger partial charge < -0.3 is 4.98 Å². The predicted octanol–water partition coefficient (Wildman–Crippen LogP) is 2.35.